The summed E-state index contributed by atoms with van der Waals surface area (Å²) in [6.07, 6.45) is 0. The van der Waals surface area contributed by atoms with E-state index in [1.165, 1.54) is 18.2 Å². The number of carboxylic acid groups (broad SMARTS) is 1. The zero-order valence-electron chi connectivity index (χ0n) is 9.85. The summed E-state index contributed by atoms with van der Waals surface area (Å²) < 4.78 is 18.6. The van der Waals surface area contributed by atoms with Gasteiger partial charge in [0.2, 0.25) is 5.88 Å². The summed E-state index contributed by atoms with van der Waals surface area (Å²) in [5.74, 6) is -1.36. The van der Waals surface area contributed by atoms with Crippen molar-refractivity contribution in [1.29, 1.82) is 0 Å². The largest absolute Gasteiger partial charge is 0.478 e. The van der Waals surface area contributed by atoms with Gasteiger partial charge in [-0.05, 0) is 24.6 Å². The van der Waals surface area contributed by atoms with Crippen LogP contribution in [0.5, 0.6) is 11.6 Å². The molecule has 0 aliphatic rings. The number of carbonyl (C=O) groups is 1. The molecule has 0 aliphatic heterocycles. The van der Waals surface area contributed by atoms with Crippen LogP contribution >= 0.6 is 11.6 Å². The first-order chi connectivity index (χ1) is 8.95. The Hall–Kier alpha value is -2.14. The fourth-order valence-electron chi connectivity index (χ4n) is 1.41. The van der Waals surface area contributed by atoms with Crippen molar-refractivity contribution in [3.05, 3.63) is 52.4 Å². The maximum Gasteiger partial charge on any atom is 0.335 e. The highest BCUT2D eigenvalue weighted by molar-refractivity contribution is 6.29. The van der Waals surface area contributed by atoms with E-state index in [4.69, 9.17) is 21.4 Å². The monoisotopic (exact) mass is 281 g/mol. The number of aromatic carboxylic acids is 1. The van der Waals surface area contributed by atoms with Crippen LogP contribution in [0.1, 0.15) is 15.9 Å². The number of nitrogens with zero attached hydrogens (tertiary/aromatic N) is 1. The van der Waals surface area contributed by atoms with Gasteiger partial charge in [-0.3, -0.25) is 0 Å². The Kier molecular flexibility index (Phi) is 3.66. The quantitative estimate of drug-likeness (QED) is 0.872. The van der Waals surface area contributed by atoms with Crippen molar-refractivity contribution in [2.24, 2.45) is 0 Å². The SMILES string of the molecule is Cc1ccc(Oc2cc(C(=O)O)cc(Cl)n2)cc1F. The van der Waals surface area contributed by atoms with Gasteiger partial charge in [-0.15, -0.1) is 0 Å². The van der Waals surface area contributed by atoms with Crippen LogP contribution in [-0.2, 0) is 0 Å². The van der Waals surface area contributed by atoms with E-state index in [9.17, 15) is 9.18 Å². The van der Waals surface area contributed by atoms with Crippen LogP contribution in [0.15, 0.2) is 30.3 Å². The highest BCUT2D eigenvalue weighted by atomic mass is 35.5. The molecule has 4 nitrogen and oxygen atoms in total. The van der Waals surface area contributed by atoms with Gasteiger partial charge in [0.05, 0.1) is 5.56 Å². The van der Waals surface area contributed by atoms with E-state index < -0.39 is 11.8 Å². The number of benzene rings is 1. The Morgan fingerprint density at radius 2 is 2.11 bits per heavy atom. The van der Waals surface area contributed by atoms with Crippen molar-refractivity contribution in [2.45, 2.75) is 6.92 Å². The molecule has 0 bridgehead atoms. The topological polar surface area (TPSA) is 59.4 Å². The lowest BCUT2D eigenvalue weighted by Gasteiger charge is -2.07. The lowest BCUT2D eigenvalue weighted by atomic mass is 10.2. The number of carboxylic acids is 1. The summed E-state index contributed by atoms with van der Waals surface area (Å²) in [6.45, 7) is 1.62. The summed E-state index contributed by atoms with van der Waals surface area (Å²) in [5.41, 5.74) is 0.431. The minimum Gasteiger partial charge on any atom is -0.478 e. The van der Waals surface area contributed by atoms with E-state index in [1.54, 1.807) is 19.1 Å². The second-order valence-corrected chi connectivity index (χ2v) is 4.22. The van der Waals surface area contributed by atoms with Crippen molar-refractivity contribution in [3.63, 3.8) is 0 Å². The van der Waals surface area contributed by atoms with Crippen LogP contribution in [0.3, 0.4) is 0 Å². The van der Waals surface area contributed by atoms with Crippen LogP contribution < -0.4 is 4.74 Å². The number of hydrogen-bond acceptors (Lipinski definition) is 3. The van der Waals surface area contributed by atoms with E-state index in [2.05, 4.69) is 4.98 Å². The van der Waals surface area contributed by atoms with Crippen LogP contribution in [0, 0.1) is 12.7 Å². The molecule has 1 aromatic carbocycles. The molecule has 0 amide bonds. The van der Waals surface area contributed by atoms with Crippen LogP contribution in [0.25, 0.3) is 0 Å². The molecule has 1 aromatic heterocycles. The molecular weight excluding hydrogens is 273 g/mol. The Balaban J connectivity index is 2.32. The second-order valence-electron chi connectivity index (χ2n) is 3.83. The number of aromatic nitrogens is 1. The Labute approximate surface area is 113 Å². The fraction of sp³-hybridized carbons (Fsp3) is 0.0769. The Bertz CT molecular complexity index is 646. The van der Waals surface area contributed by atoms with Gasteiger partial charge >= 0.3 is 5.97 Å². The van der Waals surface area contributed by atoms with Gasteiger partial charge in [-0.2, -0.15) is 0 Å². The van der Waals surface area contributed by atoms with Gasteiger partial charge in [0.1, 0.15) is 16.7 Å². The van der Waals surface area contributed by atoms with Crippen LogP contribution in [0.4, 0.5) is 4.39 Å². The zero-order valence-corrected chi connectivity index (χ0v) is 10.6. The minimum atomic E-state index is -1.15. The molecule has 19 heavy (non-hydrogen) atoms. The van der Waals surface area contributed by atoms with E-state index in [1.807, 2.05) is 0 Å². The number of rotatable bonds is 3. The highest BCUT2D eigenvalue weighted by Crippen LogP contribution is 2.24. The number of ether oxygens (including phenoxy) is 1. The molecule has 1 heterocycles. The number of aryl methyl sites for hydroxylation is 1. The predicted octanol–water partition coefficient (Wildman–Crippen LogP) is 3.67. The molecule has 0 radical (unpaired) electrons. The molecular formula is C13H9ClFNO3. The van der Waals surface area contributed by atoms with Gasteiger partial charge in [0, 0.05) is 12.1 Å². The third-order valence-corrected chi connectivity index (χ3v) is 2.58. The van der Waals surface area contributed by atoms with Gasteiger partial charge in [0.25, 0.3) is 0 Å². The Morgan fingerprint density at radius 1 is 1.37 bits per heavy atom. The van der Waals surface area contributed by atoms with E-state index in [-0.39, 0.29) is 22.3 Å². The molecule has 1 N–H and O–H groups in total. The van der Waals surface area contributed by atoms with Crippen molar-refractivity contribution in [1.82, 2.24) is 4.98 Å². The van der Waals surface area contributed by atoms with E-state index in [0.29, 0.717) is 5.56 Å². The van der Waals surface area contributed by atoms with Crippen LogP contribution in [0.2, 0.25) is 5.15 Å². The van der Waals surface area contributed by atoms with Gasteiger partial charge < -0.3 is 9.84 Å². The van der Waals surface area contributed by atoms with Crippen molar-refractivity contribution in [3.8, 4) is 11.6 Å². The number of pyridine rings is 1. The summed E-state index contributed by atoms with van der Waals surface area (Å²) in [4.78, 5) is 14.7. The molecule has 6 heteroatoms. The predicted molar refractivity (Wildman–Crippen MR) is 67.4 cm³/mol. The second kappa shape index (κ2) is 5.24. The van der Waals surface area contributed by atoms with Crippen molar-refractivity contribution < 1.29 is 19.0 Å². The zero-order chi connectivity index (χ0) is 14.0. The molecule has 2 aromatic rings. The maximum atomic E-state index is 13.3. The fourth-order valence-corrected chi connectivity index (χ4v) is 1.61. The summed E-state index contributed by atoms with van der Waals surface area (Å²) >= 11 is 5.69. The summed E-state index contributed by atoms with van der Waals surface area (Å²) in [5, 5.41) is 8.87. The van der Waals surface area contributed by atoms with Crippen molar-refractivity contribution >= 4 is 17.6 Å². The number of hydrogen-bond donors (Lipinski definition) is 1. The standard InChI is InChI=1S/C13H9ClFNO3/c1-7-2-3-9(6-10(7)15)19-12-5-8(13(17)18)4-11(14)16-12/h2-6H,1H3,(H,17,18). The Morgan fingerprint density at radius 3 is 2.74 bits per heavy atom. The van der Waals surface area contributed by atoms with E-state index >= 15 is 0 Å². The first-order valence-corrected chi connectivity index (χ1v) is 5.68. The molecule has 0 atom stereocenters. The lowest BCUT2D eigenvalue weighted by Crippen LogP contribution is -1.99. The average Bonchev–Trinajstić information content (AvgIpc) is 2.33. The lowest BCUT2D eigenvalue weighted by molar-refractivity contribution is 0.0696. The molecule has 98 valence electrons. The molecule has 2 rings (SSSR count). The minimum absolute atomic E-state index is 0.00634. The molecule has 0 spiro atoms. The summed E-state index contributed by atoms with van der Waals surface area (Å²) in [6, 6.07) is 6.71. The molecule has 0 saturated heterocycles. The maximum absolute atomic E-state index is 13.3. The van der Waals surface area contributed by atoms with Gasteiger partial charge in [0.15, 0.2) is 0 Å². The highest BCUT2D eigenvalue weighted by Gasteiger charge is 2.09. The summed E-state index contributed by atoms with van der Waals surface area (Å²) in [7, 11) is 0. The first-order valence-electron chi connectivity index (χ1n) is 5.30. The molecule has 0 unspecified atom stereocenters. The third kappa shape index (κ3) is 3.20. The molecule has 0 saturated carbocycles. The van der Waals surface area contributed by atoms with Crippen molar-refractivity contribution in [2.75, 3.05) is 0 Å². The first kappa shape index (κ1) is 13.3. The van der Waals surface area contributed by atoms with E-state index in [0.717, 1.165) is 0 Å². The molecule has 0 fully saturated rings. The average molecular weight is 282 g/mol. The van der Waals surface area contributed by atoms with Gasteiger partial charge in [-0.25, -0.2) is 14.2 Å². The smallest absolute Gasteiger partial charge is 0.335 e. The normalized spacial score (nSPS) is 10.3. The third-order valence-electron chi connectivity index (χ3n) is 2.38. The number of halogens is 2. The molecule has 0 aliphatic carbocycles. The van der Waals surface area contributed by atoms with Gasteiger partial charge in [-0.1, -0.05) is 17.7 Å². The van der Waals surface area contributed by atoms with Crippen LogP contribution in [-0.4, -0.2) is 16.1 Å².